The van der Waals surface area contributed by atoms with Crippen molar-refractivity contribution in [2.24, 2.45) is 0 Å². The molecule has 0 atom stereocenters. The van der Waals surface area contributed by atoms with Crippen LogP contribution in [0.25, 0.3) is 21.5 Å². The largest absolute Gasteiger partial charge is 0.399 e. The van der Waals surface area contributed by atoms with E-state index in [2.05, 4.69) is 146 Å². The second-order valence-electron chi connectivity index (χ2n) is 18.2. The van der Waals surface area contributed by atoms with Crippen LogP contribution in [0.15, 0.2) is 148 Å². The minimum atomic E-state index is -4.06. The summed E-state index contributed by atoms with van der Waals surface area (Å²) in [6, 6.07) is 33.6. The Labute approximate surface area is 382 Å². The highest BCUT2D eigenvalue weighted by Gasteiger charge is 2.46. The molecule has 0 fully saturated rings. The van der Waals surface area contributed by atoms with E-state index in [9.17, 15) is 25.9 Å². The lowest BCUT2D eigenvalue weighted by molar-refractivity contribution is -0.438. The van der Waals surface area contributed by atoms with Crippen molar-refractivity contribution in [1.29, 1.82) is 0 Å². The molecule has 64 heavy (non-hydrogen) atoms. The highest BCUT2D eigenvalue weighted by atomic mass is 32.2. The molecular formula is C52H58N3O6S3+. The van der Waals surface area contributed by atoms with Gasteiger partial charge in [-0.15, -0.1) is 0 Å². The van der Waals surface area contributed by atoms with Gasteiger partial charge in [0, 0.05) is 63.0 Å². The predicted molar refractivity (Wildman–Crippen MR) is 265 cm³/mol. The Morgan fingerprint density at radius 3 is 2.00 bits per heavy atom. The maximum Gasteiger partial charge on any atom is 0.264 e. The molecule has 0 spiro atoms. The summed E-state index contributed by atoms with van der Waals surface area (Å²) < 4.78 is 67.9. The van der Waals surface area contributed by atoms with Crippen LogP contribution in [0, 0.1) is 0 Å². The summed E-state index contributed by atoms with van der Waals surface area (Å²) in [5.74, 6) is -0.537. The fourth-order valence-corrected chi connectivity index (χ4v) is 12.3. The van der Waals surface area contributed by atoms with E-state index in [1.165, 1.54) is 48.7 Å². The van der Waals surface area contributed by atoms with Gasteiger partial charge in [0.1, 0.15) is 6.54 Å². The number of nitrogen functional groups attached to an aromatic ring is 1. The Morgan fingerprint density at radius 1 is 0.703 bits per heavy atom. The molecule has 0 bridgehead atoms. The second kappa shape index (κ2) is 18.1. The molecule has 8 rings (SSSR count). The number of unbranched alkanes of at least 4 members (excludes halogenated alkanes) is 2. The number of benzene rings is 5. The maximum atomic E-state index is 11.6. The van der Waals surface area contributed by atoms with E-state index in [0.29, 0.717) is 44.5 Å². The molecule has 0 amide bonds. The van der Waals surface area contributed by atoms with Crippen molar-refractivity contribution in [2.75, 3.05) is 35.2 Å². The fourth-order valence-electron chi connectivity index (χ4n) is 10.0. The zero-order valence-electron chi connectivity index (χ0n) is 37.0. The molecule has 5 aromatic rings. The highest BCUT2D eigenvalue weighted by Crippen LogP contribution is 2.52. The third-order valence-corrected chi connectivity index (χ3v) is 15.9. The molecule has 2 heterocycles. The average molecular weight is 917 g/mol. The van der Waals surface area contributed by atoms with Crippen LogP contribution in [-0.2, 0) is 31.1 Å². The minimum Gasteiger partial charge on any atom is -0.399 e. The van der Waals surface area contributed by atoms with Gasteiger partial charge in [0.2, 0.25) is 5.69 Å². The van der Waals surface area contributed by atoms with Crippen molar-refractivity contribution in [1.82, 2.24) is 0 Å². The number of nitrogens with zero attached hydrogens (tertiary/aromatic N) is 2. The van der Waals surface area contributed by atoms with E-state index in [1.807, 2.05) is 12.1 Å². The van der Waals surface area contributed by atoms with Gasteiger partial charge in [-0.1, -0.05) is 92.4 Å². The monoisotopic (exact) mass is 916 g/mol. The van der Waals surface area contributed by atoms with Crippen LogP contribution in [0.3, 0.4) is 0 Å². The van der Waals surface area contributed by atoms with Gasteiger partial charge in [0.25, 0.3) is 20.2 Å². The quantitative estimate of drug-likeness (QED) is 0.0405. The zero-order valence-corrected chi connectivity index (χ0v) is 39.5. The van der Waals surface area contributed by atoms with Crippen molar-refractivity contribution in [3.8, 4) is 0 Å². The summed E-state index contributed by atoms with van der Waals surface area (Å²) in [6.45, 7) is 10.3. The number of anilines is 2. The molecule has 3 aliphatic rings. The molecule has 334 valence electrons. The molecule has 2 aliphatic heterocycles. The number of hydrogen-bond acceptors (Lipinski definition) is 7. The Morgan fingerprint density at radius 2 is 1.33 bits per heavy atom. The van der Waals surface area contributed by atoms with Crippen LogP contribution in [0.5, 0.6) is 0 Å². The molecule has 0 saturated heterocycles. The number of thioether (sulfide) groups is 1. The highest BCUT2D eigenvalue weighted by molar-refractivity contribution is 8.03. The lowest BCUT2D eigenvalue weighted by Gasteiger charge is -2.28. The van der Waals surface area contributed by atoms with E-state index in [1.54, 1.807) is 11.8 Å². The number of allylic oxidation sites excluding steroid dienone is 7. The third-order valence-electron chi connectivity index (χ3n) is 13.0. The third kappa shape index (κ3) is 9.53. The van der Waals surface area contributed by atoms with E-state index >= 15 is 0 Å². The van der Waals surface area contributed by atoms with Gasteiger partial charge < -0.3 is 10.6 Å². The Hall–Kier alpha value is -4.98. The van der Waals surface area contributed by atoms with Gasteiger partial charge in [-0.25, -0.2) is 0 Å². The van der Waals surface area contributed by atoms with Crippen LogP contribution < -0.4 is 10.6 Å². The Bertz CT molecular complexity index is 3020. The van der Waals surface area contributed by atoms with Crippen molar-refractivity contribution in [3.63, 3.8) is 0 Å². The van der Waals surface area contributed by atoms with Crippen LogP contribution in [0.1, 0.15) is 83.8 Å². The van der Waals surface area contributed by atoms with Crippen LogP contribution in [0.4, 0.5) is 17.1 Å². The lowest BCUT2D eigenvalue weighted by Crippen LogP contribution is -2.28. The number of nitrogens with two attached hydrogens (primary N) is 1. The zero-order chi connectivity index (χ0) is 45.4. The molecule has 0 radical (unpaired) electrons. The number of hydrogen-bond donors (Lipinski definition) is 3. The van der Waals surface area contributed by atoms with Crippen LogP contribution in [-0.4, -0.2) is 60.8 Å². The lowest BCUT2D eigenvalue weighted by atomic mass is 9.78. The van der Waals surface area contributed by atoms with Crippen molar-refractivity contribution in [2.45, 2.75) is 88.4 Å². The predicted octanol–water partition coefficient (Wildman–Crippen LogP) is 11.7. The molecular weight excluding hydrogens is 859 g/mol. The minimum absolute atomic E-state index is 0.268. The summed E-state index contributed by atoms with van der Waals surface area (Å²) in [7, 11) is -8.12. The van der Waals surface area contributed by atoms with E-state index in [0.717, 1.165) is 46.9 Å². The van der Waals surface area contributed by atoms with Gasteiger partial charge in [-0.3, -0.25) is 9.11 Å². The first kappa shape index (κ1) is 45.6. The molecule has 1 aliphatic carbocycles. The summed E-state index contributed by atoms with van der Waals surface area (Å²) >= 11 is 1.75. The van der Waals surface area contributed by atoms with Crippen LogP contribution >= 0.6 is 11.8 Å². The molecule has 4 N–H and O–H groups in total. The average Bonchev–Trinajstić information content (AvgIpc) is 3.61. The maximum absolute atomic E-state index is 11.6. The molecule has 5 aromatic carbocycles. The van der Waals surface area contributed by atoms with Crippen molar-refractivity contribution < 1.29 is 30.5 Å². The van der Waals surface area contributed by atoms with Gasteiger partial charge >= 0.3 is 0 Å². The summed E-state index contributed by atoms with van der Waals surface area (Å²) in [5.41, 5.74) is 15.6. The number of rotatable bonds is 15. The topological polar surface area (TPSA) is 141 Å². The van der Waals surface area contributed by atoms with E-state index < -0.39 is 20.2 Å². The Kier molecular flexibility index (Phi) is 12.9. The van der Waals surface area contributed by atoms with E-state index in [4.69, 9.17) is 5.73 Å². The molecule has 0 aromatic heterocycles. The first-order valence-corrected chi connectivity index (χ1v) is 26.2. The van der Waals surface area contributed by atoms with Gasteiger partial charge in [0.15, 0.2) is 5.71 Å². The molecule has 0 unspecified atom stereocenters. The molecule has 12 heteroatoms. The van der Waals surface area contributed by atoms with Gasteiger partial charge in [0.05, 0.1) is 16.9 Å². The Balaban J connectivity index is 1.22. The number of fused-ring (bicyclic) bond motifs is 6. The first-order chi connectivity index (χ1) is 30.4. The van der Waals surface area contributed by atoms with Crippen molar-refractivity contribution >= 4 is 76.3 Å². The van der Waals surface area contributed by atoms with Crippen LogP contribution in [0.2, 0.25) is 0 Å². The normalized spacial score (nSPS) is 18.6. The SMILES string of the molecule is CC1(C)C(=CC=C2CCCC(C=CC3=[N+](CCCCS(=O)(=O)O)c4ccc5ccccc5c4C3(C)C)=C2Sc2ccc(N)cc2)N(CCCCS(=O)(=O)O)c2ccc3ccccc3c21. The molecule has 0 saturated carbocycles. The van der Waals surface area contributed by atoms with Gasteiger partial charge in [-0.05, 0) is 133 Å². The summed E-state index contributed by atoms with van der Waals surface area (Å²) in [6.07, 6.45) is 13.8. The molecule has 9 nitrogen and oxygen atoms in total. The first-order valence-electron chi connectivity index (χ1n) is 22.2. The second-order valence-corrected chi connectivity index (χ2v) is 22.5. The standard InChI is InChI=1S/C52H57N3O6S3/c1-51(2)46(54(32-9-11-34-63(56,57)58)44-28-20-36-14-5-7-18-42(36)48(44)51)30-22-38-16-13-17-39(50(38)62-41-26-24-40(53)25-27-41)23-31-47-52(3,4)49-43-19-8-6-15-37(43)21-29-45(49)55(47)33-10-12-35-64(59,60)61/h5-8,14-15,18-31H,9-13,16-17,32-35,53H2,1-4H3,(H-,56,57,58,59,60,61)/p+1. The fraction of sp³-hybridized carbons (Fsp3) is 0.327. The smallest absolute Gasteiger partial charge is 0.264 e. The van der Waals surface area contributed by atoms with Crippen molar-refractivity contribution in [3.05, 3.63) is 154 Å². The van der Waals surface area contributed by atoms with E-state index in [-0.39, 0.29) is 22.3 Å². The summed E-state index contributed by atoms with van der Waals surface area (Å²) in [4.78, 5) is 4.62. The van der Waals surface area contributed by atoms with Gasteiger partial charge in [-0.2, -0.15) is 21.4 Å². The summed E-state index contributed by atoms with van der Waals surface area (Å²) in [5, 5.41) is 4.74.